The Kier molecular flexibility index (Phi) is 5.47. The van der Waals surface area contributed by atoms with E-state index in [4.69, 9.17) is 0 Å². The Labute approximate surface area is 147 Å². The van der Waals surface area contributed by atoms with Crippen molar-refractivity contribution in [3.8, 4) is 0 Å². The number of carbonyl (C=O) groups excluding carboxylic acids is 4. The maximum absolute atomic E-state index is 12.5. The molecule has 1 saturated heterocycles. The average molecular weight is 483 g/mol. The Morgan fingerprint density at radius 1 is 1.26 bits per heavy atom. The van der Waals surface area contributed by atoms with E-state index < -0.39 is 11.9 Å². The first kappa shape index (κ1) is 17.5. The zero-order chi connectivity index (χ0) is 15.7. The molecule has 1 atom stereocenters. The fourth-order valence-electron chi connectivity index (χ4n) is 2.95. The number of rotatable bonds is 4. The first-order chi connectivity index (χ1) is 10.6. The zero-order valence-electron chi connectivity index (χ0n) is 12.3. The minimum atomic E-state index is -0.593. The third-order valence-corrected chi connectivity index (χ3v) is 4.11. The number of aryl methyl sites for hydroxylation is 1. The third kappa shape index (κ3) is 3.42. The van der Waals surface area contributed by atoms with Gasteiger partial charge in [0.15, 0.2) is 0 Å². The second-order valence-electron chi connectivity index (χ2n) is 5.54. The van der Waals surface area contributed by atoms with E-state index in [9.17, 15) is 19.2 Å². The number of hydrogen-bond donors (Lipinski definition) is 1. The van der Waals surface area contributed by atoms with Gasteiger partial charge in [0.1, 0.15) is 6.04 Å². The number of nitrogens with zero attached hydrogens (tertiary/aromatic N) is 1. The first-order valence-electron chi connectivity index (χ1n) is 7.21. The summed E-state index contributed by atoms with van der Waals surface area (Å²) in [6.07, 6.45) is 3.28. The van der Waals surface area contributed by atoms with Gasteiger partial charge in [-0.15, -0.1) is 6.42 Å². The van der Waals surface area contributed by atoms with E-state index in [2.05, 4.69) is 5.32 Å². The molecule has 3 rings (SSSR count). The zero-order valence-corrected chi connectivity index (χ0v) is 15.3. The van der Waals surface area contributed by atoms with Crippen LogP contribution in [0.2, 0.25) is 0 Å². The maximum Gasteiger partial charge on any atom is 0.255 e. The molecule has 2 aliphatic rings. The summed E-state index contributed by atoms with van der Waals surface area (Å²) in [6.45, 7) is 0.376. The van der Waals surface area contributed by atoms with Crippen LogP contribution in [0.25, 0.3) is 0 Å². The van der Waals surface area contributed by atoms with Gasteiger partial charge < -0.3 is 9.69 Å². The molecule has 0 radical (unpaired) electrons. The van der Waals surface area contributed by atoms with Crippen molar-refractivity contribution in [1.29, 1.82) is 0 Å². The van der Waals surface area contributed by atoms with Gasteiger partial charge in [-0.3, -0.25) is 26.0 Å². The quantitative estimate of drug-likeness (QED) is 0.500. The maximum atomic E-state index is 12.5. The van der Waals surface area contributed by atoms with E-state index in [0.29, 0.717) is 31.4 Å². The molecule has 120 valence electrons. The van der Waals surface area contributed by atoms with E-state index in [0.717, 1.165) is 11.1 Å². The average Bonchev–Trinajstić information content (AvgIpc) is 2.82. The van der Waals surface area contributed by atoms with Gasteiger partial charge in [0.05, 0.1) is 0 Å². The summed E-state index contributed by atoms with van der Waals surface area (Å²) in [5.41, 5.74) is 2.35. The van der Waals surface area contributed by atoms with Crippen molar-refractivity contribution in [3.05, 3.63) is 34.9 Å². The number of nitrogens with one attached hydrogen (secondary N) is 1. The van der Waals surface area contributed by atoms with Gasteiger partial charge in [0.25, 0.3) is 5.91 Å². The van der Waals surface area contributed by atoms with Crippen LogP contribution in [0, 0.1) is 0 Å². The molecular formula is C16H15N2O4W-. The van der Waals surface area contributed by atoms with Crippen LogP contribution in [0.3, 0.4) is 0 Å². The molecule has 1 aromatic carbocycles. The van der Waals surface area contributed by atoms with Crippen LogP contribution in [-0.4, -0.2) is 34.9 Å². The topological polar surface area (TPSA) is 83.6 Å². The van der Waals surface area contributed by atoms with Crippen molar-refractivity contribution in [1.82, 2.24) is 10.2 Å². The number of carbonyl (C=O) groups is 3. The van der Waals surface area contributed by atoms with Gasteiger partial charge >= 0.3 is 0 Å². The van der Waals surface area contributed by atoms with Crippen molar-refractivity contribution in [3.63, 3.8) is 0 Å². The molecule has 1 N–H and O–H groups in total. The summed E-state index contributed by atoms with van der Waals surface area (Å²) in [5, 5.41) is 2.28. The molecular weight excluding hydrogens is 468 g/mol. The minimum absolute atomic E-state index is 0. The van der Waals surface area contributed by atoms with Crippen LogP contribution in [0.15, 0.2) is 18.2 Å². The van der Waals surface area contributed by atoms with Crippen molar-refractivity contribution in [2.45, 2.75) is 38.3 Å². The van der Waals surface area contributed by atoms with Gasteiger partial charge in [-0.05, 0) is 23.6 Å². The molecule has 1 fully saturated rings. The largest absolute Gasteiger partial charge is 0.542 e. The fourth-order valence-corrected chi connectivity index (χ4v) is 2.95. The van der Waals surface area contributed by atoms with Crippen LogP contribution < -0.4 is 5.32 Å². The van der Waals surface area contributed by atoms with Crippen LogP contribution >= 0.6 is 0 Å². The molecule has 23 heavy (non-hydrogen) atoms. The van der Waals surface area contributed by atoms with Gasteiger partial charge in [0.2, 0.25) is 11.8 Å². The van der Waals surface area contributed by atoms with E-state index in [1.807, 2.05) is 18.4 Å². The van der Waals surface area contributed by atoms with Gasteiger partial charge in [-0.1, -0.05) is 18.6 Å². The molecule has 1 aromatic rings. The minimum Gasteiger partial charge on any atom is -0.542 e. The van der Waals surface area contributed by atoms with Crippen LogP contribution in [0.1, 0.15) is 40.7 Å². The fraction of sp³-hybridized carbons (Fsp3) is 0.375. The smallest absolute Gasteiger partial charge is 0.255 e. The third-order valence-electron chi connectivity index (χ3n) is 4.11. The van der Waals surface area contributed by atoms with Gasteiger partial charge in [-0.2, -0.15) is 0 Å². The van der Waals surface area contributed by atoms with Crippen molar-refractivity contribution in [2.24, 2.45) is 0 Å². The summed E-state index contributed by atoms with van der Waals surface area (Å²) >= 11 is 0. The number of imide groups is 1. The molecule has 6 nitrogen and oxygen atoms in total. The van der Waals surface area contributed by atoms with E-state index in [1.54, 1.807) is 6.07 Å². The number of amides is 3. The van der Waals surface area contributed by atoms with E-state index in [1.165, 1.54) is 4.90 Å². The van der Waals surface area contributed by atoms with Crippen LogP contribution in [0.4, 0.5) is 0 Å². The summed E-state index contributed by atoms with van der Waals surface area (Å²) in [7, 11) is 0. The Morgan fingerprint density at radius 3 is 2.74 bits per heavy atom. The molecule has 0 aromatic heterocycles. The van der Waals surface area contributed by atoms with E-state index >= 15 is 0 Å². The second kappa shape index (κ2) is 7.17. The summed E-state index contributed by atoms with van der Waals surface area (Å²) in [6, 6.07) is 4.93. The molecule has 0 aliphatic carbocycles. The molecule has 2 aliphatic heterocycles. The Bertz CT molecular complexity index is 674. The standard InChI is InChI=1S/C16H15N2O4.W/c19-7-1-2-10-3-4-11-9-18(16(22)12(11)8-10)13-5-6-14(20)17-15(13)21;/h3-4,8,13H,1-2,5-6,9H2,(H,17,20,21);/q-1;. The molecule has 7 heteroatoms. The van der Waals surface area contributed by atoms with Gasteiger partial charge in [-0.25, -0.2) is 0 Å². The molecule has 1 unspecified atom stereocenters. The molecule has 0 spiro atoms. The Hall–Kier alpha value is -1.81. The SMILES string of the molecule is O=[C-]CCc1ccc2c(c1)C(=O)N(C1CCC(=O)NC1=O)C2.[W]. The second-order valence-corrected chi connectivity index (χ2v) is 5.54. The number of fused-ring (bicyclic) bond motifs is 1. The monoisotopic (exact) mass is 483 g/mol. The van der Waals surface area contributed by atoms with Crippen LogP contribution in [-0.2, 0) is 48.4 Å². The molecule has 0 saturated carbocycles. The Balaban J connectivity index is 0.00000192. The van der Waals surface area contributed by atoms with Crippen LogP contribution in [0.5, 0.6) is 0 Å². The molecule has 3 amide bonds. The van der Waals surface area contributed by atoms with Crippen molar-refractivity contribution < 1.29 is 40.2 Å². The van der Waals surface area contributed by atoms with Gasteiger partial charge in [0, 0.05) is 39.6 Å². The molecule has 2 heterocycles. The number of benzene rings is 1. The summed E-state index contributed by atoms with van der Waals surface area (Å²) in [5.74, 6) is -0.896. The number of piperidine rings is 1. The predicted octanol–water partition coefficient (Wildman–Crippen LogP) is 0.487. The van der Waals surface area contributed by atoms with E-state index in [-0.39, 0.29) is 39.3 Å². The first-order valence-corrected chi connectivity index (χ1v) is 7.21. The predicted molar refractivity (Wildman–Crippen MR) is 76.5 cm³/mol. The van der Waals surface area contributed by atoms with Crippen molar-refractivity contribution in [2.75, 3.05) is 0 Å². The van der Waals surface area contributed by atoms with Crippen molar-refractivity contribution >= 4 is 24.0 Å². The summed E-state index contributed by atoms with van der Waals surface area (Å²) in [4.78, 5) is 47.5. The molecule has 0 bridgehead atoms. The number of hydrogen-bond acceptors (Lipinski definition) is 4. The Morgan fingerprint density at radius 2 is 2.04 bits per heavy atom. The normalized spacial score (nSPS) is 19.9. The summed E-state index contributed by atoms with van der Waals surface area (Å²) < 4.78 is 0.